The molecule has 1 aromatic carbocycles. The summed E-state index contributed by atoms with van der Waals surface area (Å²) in [7, 11) is 0. The van der Waals surface area contributed by atoms with Crippen LogP contribution in [0.25, 0.3) is 0 Å². The van der Waals surface area contributed by atoms with E-state index in [0.29, 0.717) is 31.5 Å². The van der Waals surface area contributed by atoms with E-state index in [-0.39, 0.29) is 17.0 Å². The van der Waals surface area contributed by atoms with E-state index in [2.05, 4.69) is 41.9 Å². The van der Waals surface area contributed by atoms with E-state index in [1.807, 2.05) is 17.9 Å². The van der Waals surface area contributed by atoms with Crippen LogP contribution in [0.15, 0.2) is 23.0 Å². The molecule has 0 radical (unpaired) electrons. The van der Waals surface area contributed by atoms with Crippen molar-refractivity contribution in [2.75, 3.05) is 31.1 Å². The molecule has 0 spiro atoms. The van der Waals surface area contributed by atoms with Crippen molar-refractivity contribution >= 4 is 11.6 Å². The SMILES string of the molecule is Cc1cccc(N2CCN(C(=O)CCc3c(C)[nH]c(=O)c(C#N)c3C)CC2)c1C. The molecular formula is C23H28N4O2. The molecule has 6 heteroatoms. The number of aryl methyl sites for hydroxylation is 2. The molecule has 2 heterocycles. The lowest BCUT2D eigenvalue weighted by Crippen LogP contribution is -2.49. The van der Waals surface area contributed by atoms with Gasteiger partial charge < -0.3 is 14.8 Å². The highest BCUT2D eigenvalue weighted by Crippen LogP contribution is 2.24. The summed E-state index contributed by atoms with van der Waals surface area (Å²) in [4.78, 5) is 31.6. The Morgan fingerprint density at radius 2 is 1.79 bits per heavy atom. The van der Waals surface area contributed by atoms with Crippen LogP contribution in [0.2, 0.25) is 0 Å². The fraction of sp³-hybridized carbons (Fsp3) is 0.435. The summed E-state index contributed by atoms with van der Waals surface area (Å²) in [6.07, 6.45) is 0.904. The fourth-order valence-electron chi connectivity index (χ4n) is 4.09. The molecule has 0 atom stereocenters. The second kappa shape index (κ2) is 8.52. The van der Waals surface area contributed by atoms with Gasteiger partial charge in [0.1, 0.15) is 11.6 Å². The number of rotatable bonds is 4. The van der Waals surface area contributed by atoms with Crippen molar-refractivity contribution < 1.29 is 4.79 Å². The van der Waals surface area contributed by atoms with E-state index in [9.17, 15) is 14.9 Å². The van der Waals surface area contributed by atoms with Gasteiger partial charge in [0.15, 0.2) is 0 Å². The van der Waals surface area contributed by atoms with E-state index >= 15 is 0 Å². The van der Waals surface area contributed by atoms with Crippen LogP contribution in [-0.4, -0.2) is 42.0 Å². The second-order valence-corrected chi connectivity index (χ2v) is 7.76. The molecule has 1 fully saturated rings. The molecule has 3 rings (SSSR count). The minimum Gasteiger partial charge on any atom is -0.368 e. The highest BCUT2D eigenvalue weighted by Gasteiger charge is 2.23. The summed E-state index contributed by atoms with van der Waals surface area (Å²) in [5.41, 5.74) is 5.92. The summed E-state index contributed by atoms with van der Waals surface area (Å²) >= 11 is 0. The highest BCUT2D eigenvalue weighted by molar-refractivity contribution is 5.77. The zero-order valence-electron chi connectivity index (χ0n) is 17.6. The number of carbonyl (C=O) groups excluding carboxylic acids is 1. The predicted octanol–water partition coefficient (Wildman–Crippen LogP) is 2.76. The lowest BCUT2D eigenvalue weighted by atomic mass is 9.99. The third-order valence-electron chi connectivity index (χ3n) is 6.06. The number of nitrogens with zero attached hydrogens (tertiary/aromatic N) is 3. The summed E-state index contributed by atoms with van der Waals surface area (Å²) in [6.45, 7) is 10.9. The number of hydrogen-bond donors (Lipinski definition) is 1. The van der Waals surface area contributed by atoms with Gasteiger partial charge in [-0.25, -0.2) is 0 Å². The minimum absolute atomic E-state index is 0.120. The third-order valence-corrected chi connectivity index (χ3v) is 6.06. The number of benzene rings is 1. The van der Waals surface area contributed by atoms with Gasteiger partial charge in [-0.3, -0.25) is 9.59 Å². The molecule has 1 aliphatic heterocycles. The summed E-state index contributed by atoms with van der Waals surface area (Å²) in [5, 5.41) is 9.20. The second-order valence-electron chi connectivity index (χ2n) is 7.76. The number of nitriles is 1. The number of aromatic amines is 1. The first-order valence-electron chi connectivity index (χ1n) is 10.0. The van der Waals surface area contributed by atoms with Crippen molar-refractivity contribution in [3.8, 4) is 6.07 Å². The molecule has 29 heavy (non-hydrogen) atoms. The van der Waals surface area contributed by atoms with Crippen LogP contribution in [0, 0.1) is 39.0 Å². The molecule has 6 nitrogen and oxygen atoms in total. The molecule has 1 N–H and O–H groups in total. The largest absolute Gasteiger partial charge is 0.368 e. The highest BCUT2D eigenvalue weighted by atomic mass is 16.2. The number of piperazine rings is 1. The third kappa shape index (κ3) is 4.19. The van der Waals surface area contributed by atoms with Crippen molar-refractivity contribution in [1.29, 1.82) is 5.26 Å². The van der Waals surface area contributed by atoms with Gasteiger partial charge in [-0.1, -0.05) is 12.1 Å². The Kier molecular flexibility index (Phi) is 6.07. The quantitative estimate of drug-likeness (QED) is 0.868. The van der Waals surface area contributed by atoms with Crippen molar-refractivity contribution in [2.45, 2.75) is 40.5 Å². The fourth-order valence-corrected chi connectivity index (χ4v) is 4.09. The smallest absolute Gasteiger partial charge is 0.266 e. The van der Waals surface area contributed by atoms with Crippen LogP contribution in [0.1, 0.15) is 39.9 Å². The van der Waals surface area contributed by atoms with Crippen molar-refractivity contribution in [3.63, 3.8) is 0 Å². The van der Waals surface area contributed by atoms with Gasteiger partial charge in [0, 0.05) is 44.0 Å². The van der Waals surface area contributed by atoms with Crippen molar-refractivity contribution in [3.05, 3.63) is 62.1 Å². The number of H-pyrrole nitrogens is 1. The van der Waals surface area contributed by atoms with E-state index in [0.717, 1.165) is 24.3 Å². The molecule has 1 saturated heterocycles. The lowest BCUT2D eigenvalue weighted by molar-refractivity contribution is -0.131. The Labute approximate surface area is 171 Å². The van der Waals surface area contributed by atoms with E-state index in [1.165, 1.54) is 16.8 Å². The monoisotopic (exact) mass is 392 g/mol. The Morgan fingerprint density at radius 1 is 1.10 bits per heavy atom. The Morgan fingerprint density at radius 3 is 2.45 bits per heavy atom. The van der Waals surface area contributed by atoms with Crippen molar-refractivity contribution in [2.24, 2.45) is 0 Å². The maximum atomic E-state index is 12.8. The van der Waals surface area contributed by atoms with E-state index in [1.54, 1.807) is 6.92 Å². The number of anilines is 1. The molecule has 0 saturated carbocycles. The number of carbonyl (C=O) groups is 1. The van der Waals surface area contributed by atoms with Crippen LogP contribution in [-0.2, 0) is 11.2 Å². The summed E-state index contributed by atoms with van der Waals surface area (Å²) in [6, 6.07) is 8.32. The van der Waals surface area contributed by atoms with Gasteiger partial charge in [0.25, 0.3) is 5.56 Å². The molecule has 1 aromatic heterocycles. The first-order valence-corrected chi connectivity index (χ1v) is 10.0. The summed E-state index contributed by atoms with van der Waals surface area (Å²) < 4.78 is 0. The number of nitrogens with one attached hydrogen (secondary N) is 1. The molecule has 0 bridgehead atoms. The van der Waals surface area contributed by atoms with Gasteiger partial charge in [0.2, 0.25) is 5.91 Å². The topological polar surface area (TPSA) is 80.2 Å². The first-order chi connectivity index (χ1) is 13.8. The molecule has 1 amide bonds. The number of amides is 1. The number of hydrogen-bond acceptors (Lipinski definition) is 4. The Balaban J connectivity index is 1.62. The molecule has 2 aromatic rings. The average molecular weight is 393 g/mol. The predicted molar refractivity (Wildman–Crippen MR) is 114 cm³/mol. The van der Waals surface area contributed by atoms with Crippen LogP contribution >= 0.6 is 0 Å². The number of aromatic nitrogens is 1. The van der Waals surface area contributed by atoms with Crippen molar-refractivity contribution in [1.82, 2.24) is 9.88 Å². The van der Waals surface area contributed by atoms with Gasteiger partial charge >= 0.3 is 0 Å². The van der Waals surface area contributed by atoms with Crippen LogP contribution in [0.4, 0.5) is 5.69 Å². The maximum absolute atomic E-state index is 12.8. The molecular weight excluding hydrogens is 364 g/mol. The Hall–Kier alpha value is -3.07. The van der Waals surface area contributed by atoms with Crippen LogP contribution < -0.4 is 10.5 Å². The molecule has 1 aliphatic rings. The molecule has 152 valence electrons. The standard InChI is InChI=1S/C23H28N4O2/c1-15-6-5-7-21(16(15)2)26-10-12-27(13-11-26)22(28)9-8-19-17(3)20(14-24)23(29)25-18(19)4/h5-7H,8-13H2,1-4H3,(H,25,29). The molecule has 0 aliphatic carbocycles. The molecule has 0 unspecified atom stereocenters. The van der Waals surface area contributed by atoms with Crippen LogP contribution in [0.5, 0.6) is 0 Å². The zero-order valence-corrected chi connectivity index (χ0v) is 17.6. The average Bonchev–Trinajstić information content (AvgIpc) is 2.70. The maximum Gasteiger partial charge on any atom is 0.266 e. The summed E-state index contributed by atoms with van der Waals surface area (Å²) in [5.74, 6) is 0.120. The van der Waals surface area contributed by atoms with Crippen LogP contribution in [0.3, 0.4) is 0 Å². The van der Waals surface area contributed by atoms with E-state index < -0.39 is 0 Å². The normalized spacial score (nSPS) is 14.0. The van der Waals surface area contributed by atoms with E-state index in [4.69, 9.17) is 0 Å². The van der Waals surface area contributed by atoms with Gasteiger partial charge in [-0.05, 0) is 62.4 Å². The Bertz CT molecular complexity index is 1020. The zero-order chi connectivity index (χ0) is 21.1. The van der Waals surface area contributed by atoms with Gasteiger partial charge in [0.05, 0.1) is 0 Å². The first kappa shape index (κ1) is 20.7. The minimum atomic E-state index is -0.361. The lowest BCUT2D eigenvalue weighted by Gasteiger charge is -2.37. The van der Waals surface area contributed by atoms with Gasteiger partial charge in [-0.15, -0.1) is 0 Å². The number of pyridine rings is 1. The van der Waals surface area contributed by atoms with Gasteiger partial charge in [-0.2, -0.15) is 5.26 Å².